The van der Waals surface area contributed by atoms with Crippen LogP contribution in [-0.2, 0) is 19.3 Å². The van der Waals surface area contributed by atoms with Gasteiger partial charge in [0.1, 0.15) is 0 Å². The Bertz CT molecular complexity index is 596. The second-order valence-electron chi connectivity index (χ2n) is 5.26. The highest BCUT2D eigenvalue weighted by Crippen LogP contribution is 2.25. The first-order valence-corrected chi connectivity index (χ1v) is 8.94. The van der Waals surface area contributed by atoms with Crippen LogP contribution in [0.5, 0.6) is 0 Å². The number of fused-ring (bicyclic) bond motifs is 1. The maximum atomic E-state index is 5.95. The minimum absolute atomic E-state index is 0.610. The van der Waals surface area contributed by atoms with Crippen LogP contribution in [0.3, 0.4) is 0 Å². The molecule has 1 aliphatic rings. The van der Waals surface area contributed by atoms with Gasteiger partial charge in [0.25, 0.3) is 0 Å². The molecule has 0 radical (unpaired) electrons. The van der Waals surface area contributed by atoms with Crippen molar-refractivity contribution >= 4 is 38.9 Å². The summed E-state index contributed by atoms with van der Waals surface area (Å²) < 4.78 is 2.08. The fraction of sp³-hybridized carbons (Fsp3) is 0.375. The highest BCUT2D eigenvalue weighted by Gasteiger charge is 2.18. The molecule has 106 valence electrons. The van der Waals surface area contributed by atoms with Crippen LogP contribution in [0.25, 0.3) is 0 Å². The lowest BCUT2D eigenvalue weighted by molar-refractivity contribution is 0.462. The van der Waals surface area contributed by atoms with Gasteiger partial charge in [-0.05, 0) is 61.1 Å². The fourth-order valence-electron chi connectivity index (χ4n) is 2.78. The van der Waals surface area contributed by atoms with Crippen molar-refractivity contribution in [3.63, 3.8) is 0 Å². The van der Waals surface area contributed by atoms with Gasteiger partial charge in [-0.2, -0.15) is 0 Å². The summed E-state index contributed by atoms with van der Waals surface area (Å²) in [6, 6.07) is 11.4. The number of thiophene rings is 1. The van der Waals surface area contributed by atoms with Gasteiger partial charge in [0.15, 0.2) is 0 Å². The van der Waals surface area contributed by atoms with E-state index in [2.05, 4.69) is 45.5 Å². The third-order valence-electron chi connectivity index (χ3n) is 3.83. The van der Waals surface area contributed by atoms with Gasteiger partial charge in [0, 0.05) is 21.9 Å². The van der Waals surface area contributed by atoms with Crippen molar-refractivity contribution < 1.29 is 0 Å². The number of hydrogen-bond donors (Lipinski definition) is 1. The van der Waals surface area contributed by atoms with Gasteiger partial charge in [-0.25, -0.2) is 0 Å². The van der Waals surface area contributed by atoms with E-state index in [9.17, 15) is 0 Å². The van der Waals surface area contributed by atoms with E-state index in [-0.39, 0.29) is 0 Å². The Labute approximate surface area is 137 Å². The Kier molecular flexibility index (Phi) is 4.82. The molecule has 1 aliphatic carbocycles. The van der Waals surface area contributed by atoms with E-state index in [1.807, 2.05) is 6.07 Å². The van der Waals surface area contributed by atoms with Crippen molar-refractivity contribution in [2.75, 3.05) is 6.54 Å². The van der Waals surface area contributed by atoms with Gasteiger partial charge in [-0.3, -0.25) is 0 Å². The number of rotatable bonds is 4. The normalized spacial score (nSPS) is 18.0. The third kappa shape index (κ3) is 3.64. The van der Waals surface area contributed by atoms with E-state index in [4.69, 9.17) is 11.6 Å². The number of benzene rings is 1. The van der Waals surface area contributed by atoms with Crippen molar-refractivity contribution in [1.82, 2.24) is 5.32 Å². The molecule has 0 aliphatic heterocycles. The van der Waals surface area contributed by atoms with Crippen molar-refractivity contribution in [2.45, 2.75) is 31.7 Å². The van der Waals surface area contributed by atoms with Gasteiger partial charge in [-0.1, -0.05) is 33.6 Å². The monoisotopic (exact) mass is 369 g/mol. The molecule has 0 spiro atoms. The maximum Gasteiger partial charge on any atom is 0.0931 e. The molecule has 4 heteroatoms. The lowest BCUT2D eigenvalue weighted by Gasteiger charge is -2.25. The summed E-state index contributed by atoms with van der Waals surface area (Å²) in [7, 11) is 0. The van der Waals surface area contributed by atoms with Crippen molar-refractivity contribution in [2.24, 2.45) is 0 Å². The summed E-state index contributed by atoms with van der Waals surface area (Å²) in [5.41, 5.74) is 3.00. The number of halogens is 2. The zero-order valence-electron chi connectivity index (χ0n) is 11.2. The Hall–Kier alpha value is -0.350. The highest BCUT2D eigenvalue weighted by atomic mass is 79.9. The Morgan fingerprint density at radius 2 is 2.15 bits per heavy atom. The van der Waals surface area contributed by atoms with Gasteiger partial charge < -0.3 is 5.32 Å². The van der Waals surface area contributed by atoms with E-state index in [0.29, 0.717) is 6.04 Å². The van der Waals surface area contributed by atoms with Crippen LogP contribution in [-0.4, -0.2) is 12.6 Å². The molecule has 0 saturated carbocycles. The summed E-state index contributed by atoms with van der Waals surface area (Å²) in [4.78, 5) is 1.36. The minimum Gasteiger partial charge on any atom is -0.313 e. The van der Waals surface area contributed by atoms with Gasteiger partial charge >= 0.3 is 0 Å². The Morgan fingerprint density at radius 1 is 1.25 bits per heavy atom. The molecule has 20 heavy (non-hydrogen) atoms. The lowest BCUT2D eigenvalue weighted by Crippen LogP contribution is -2.35. The molecule has 1 aromatic heterocycles. The molecule has 1 unspecified atom stereocenters. The van der Waals surface area contributed by atoms with Gasteiger partial charge in [0.05, 0.1) is 4.34 Å². The Balaban J connectivity index is 1.51. The summed E-state index contributed by atoms with van der Waals surface area (Å²) in [6.07, 6.45) is 4.63. The standard InChI is InChI=1S/C16H17BrClNS/c17-13-3-1-12-10-14(4-2-11(12)9-13)19-8-7-15-5-6-16(18)20-15/h1,3,5-6,9,14,19H,2,4,7-8,10H2. The SMILES string of the molecule is Clc1ccc(CCNC2CCc3cc(Br)ccc3C2)s1. The van der Waals surface area contributed by atoms with Crippen LogP contribution in [0, 0.1) is 0 Å². The van der Waals surface area contributed by atoms with E-state index >= 15 is 0 Å². The van der Waals surface area contributed by atoms with Crippen LogP contribution in [0.4, 0.5) is 0 Å². The van der Waals surface area contributed by atoms with E-state index < -0.39 is 0 Å². The quantitative estimate of drug-likeness (QED) is 0.811. The van der Waals surface area contributed by atoms with E-state index in [1.165, 1.54) is 33.3 Å². The first kappa shape index (κ1) is 14.6. The predicted molar refractivity (Wildman–Crippen MR) is 91.0 cm³/mol. The topological polar surface area (TPSA) is 12.0 Å². The van der Waals surface area contributed by atoms with Gasteiger partial charge in [0.2, 0.25) is 0 Å². The van der Waals surface area contributed by atoms with E-state index in [1.54, 1.807) is 11.3 Å². The predicted octanol–water partition coefficient (Wildman–Crippen LogP) is 4.85. The molecule has 1 atom stereocenters. The lowest BCUT2D eigenvalue weighted by atomic mass is 9.88. The fourth-order valence-corrected chi connectivity index (χ4v) is 4.28. The molecular formula is C16H17BrClNS. The van der Waals surface area contributed by atoms with Crippen LogP contribution < -0.4 is 5.32 Å². The molecule has 1 heterocycles. The molecule has 0 saturated heterocycles. The van der Waals surface area contributed by atoms with Crippen LogP contribution >= 0.6 is 38.9 Å². The Morgan fingerprint density at radius 3 is 2.95 bits per heavy atom. The van der Waals surface area contributed by atoms with Crippen LogP contribution in [0.1, 0.15) is 22.4 Å². The number of nitrogens with one attached hydrogen (secondary N) is 1. The average molecular weight is 371 g/mol. The molecule has 2 aromatic rings. The third-order valence-corrected chi connectivity index (χ3v) is 5.61. The molecular weight excluding hydrogens is 354 g/mol. The van der Waals surface area contributed by atoms with Gasteiger partial charge in [-0.15, -0.1) is 11.3 Å². The minimum atomic E-state index is 0.610. The molecule has 3 rings (SSSR count). The molecule has 0 bridgehead atoms. The molecule has 1 aromatic carbocycles. The molecule has 1 N–H and O–H groups in total. The summed E-state index contributed by atoms with van der Waals surface area (Å²) >= 11 is 11.2. The first-order valence-electron chi connectivity index (χ1n) is 6.95. The zero-order valence-corrected chi connectivity index (χ0v) is 14.3. The first-order chi connectivity index (χ1) is 9.70. The number of hydrogen-bond acceptors (Lipinski definition) is 2. The maximum absolute atomic E-state index is 5.95. The molecule has 0 amide bonds. The summed E-state index contributed by atoms with van der Waals surface area (Å²) in [5, 5.41) is 3.69. The summed E-state index contributed by atoms with van der Waals surface area (Å²) in [5.74, 6) is 0. The van der Waals surface area contributed by atoms with Crippen LogP contribution in [0.15, 0.2) is 34.8 Å². The second-order valence-corrected chi connectivity index (χ2v) is 7.98. The largest absolute Gasteiger partial charge is 0.313 e. The van der Waals surface area contributed by atoms with Crippen molar-refractivity contribution in [3.05, 3.63) is 55.1 Å². The smallest absolute Gasteiger partial charge is 0.0931 e. The van der Waals surface area contributed by atoms with E-state index in [0.717, 1.165) is 23.7 Å². The van der Waals surface area contributed by atoms with Crippen molar-refractivity contribution in [3.8, 4) is 0 Å². The van der Waals surface area contributed by atoms with Crippen LogP contribution in [0.2, 0.25) is 4.34 Å². The zero-order chi connectivity index (χ0) is 13.9. The average Bonchev–Trinajstić information content (AvgIpc) is 2.85. The number of aryl methyl sites for hydroxylation is 1. The highest BCUT2D eigenvalue weighted by molar-refractivity contribution is 9.10. The molecule has 0 fully saturated rings. The molecule has 1 nitrogen and oxygen atoms in total. The van der Waals surface area contributed by atoms with Crippen molar-refractivity contribution in [1.29, 1.82) is 0 Å². The second kappa shape index (κ2) is 6.61. The summed E-state index contributed by atoms with van der Waals surface area (Å²) in [6.45, 7) is 1.04.